The number of hydrogen-bond acceptors (Lipinski definition) is 3. The maximum atomic E-state index is 13.5. The standard InChI is InChI=1S/C24H22F9NO3/c1-3-16-11-18(20(35)12-7-14(23(28,29)30)9-15(8-12)24(31,32)33)17-10-13(22(25,26)27)5-6-19(17)34(16)21(36)37-4-2/h5-10,16,18,20,35H,3-4,11H2,1-2H3/t16-,18-,20+/m0/s1. The predicted octanol–water partition coefficient (Wildman–Crippen LogP) is 7.71. The summed E-state index contributed by atoms with van der Waals surface area (Å²) in [5.41, 5.74) is -5.62. The van der Waals surface area contributed by atoms with Gasteiger partial charge in [0.2, 0.25) is 0 Å². The Balaban J connectivity index is 2.22. The monoisotopic (exact) mass is 543 g/mol. The lowest BCUT2D eigenvalue weighted by Gasteiger charge is -2.41. The molecule has 1 heterocycles. The minimum Gasteiger partial charge on any atom is -0.449 e. The van der Waals surface area contributed by atoms with Crippen LogP contribution in [0.1, 0.15) is 66.5 Å². The molecule has 204 valence electrons. The largest absolute Gasteiger partial charge is 0.449 e. The Morgan fingerprint density at radius 3 is 1.92 bits per heavy atom. The highest BCUT2D eigenvalue weighted by Gasteiger charge is 2.43. The summed E-state index contributed by atoms with van der Waals surface area (Å²) in [4.78, 5) is 13.7. The van der Waals surface area contributed by atoms with Crippen molar-refractivity contribution < 1.29 is 54.2 Å². The fourth-order valence-corrected chi connectivity index (χ4v) is 4.44. The van der Waals surface area contributed by atoms with Crippen LogP contribution in [0.3, 0.4) is 0 Å². The molecule has 13 heteroatoms. The van der Waals surface area contributed by atoms with Crippen molar-refractivity contribution in [3.05, 3.63) is 64.2 Å². The molecule has 0 saturated heterocycles. The molecule has 0 unspecified atom stereocenters. The molecular formula is C24H22F9NO3. The molecule has 1 aliphatic heterocycles. The Bertz CT molecular complexity index is 1110. The van der Waals surface area contributed by atoms with Gasteiger partial charge in [0.05, 0.1) is 35.1 Å². The molecule has 0 aromatic heterocycles. The van der Waals surface area contributed by atoms with Crippen molar-refractivity contribution in [2.24, 2.45) is 0 Å². The molecule has 37 heavy (non-hydrogen) atoms. The SMILES string of the molecule is CCOC(=O)N1c2ccc(C(F)(F)F)cc2[C@@H]([C@H](O)c2cc(C(F)(F)F)cc(C(F)(F)F)c2)C[C@@H]1CC. The molecule has 2 aromatic carbocycles. The van der Waals surface area contributed by atoms with E-state index >= 15 is 0 Å². The van der Waals surface area contributed by atoms with Crippen molar-refractivity contribution in [2.45, 2.75) is 63.3 Å². The molecule has 3 atom stereocenters. The number of halogens is 9. The molecule has 3 rings (SSSR count). The number of aliphatic hydroxyl groups excluding tert-OH is 1. The highest BCUT2D eigenvalue weighted by molar-refractivity contribution is 5.90. The van der Waals surface area contributed by atoms with E-state index in [1.165, 1.54) is 6.92 Å². The van der Waals surface area contributed by atoms with Gasteiger partial charge in [-0.05, 0) is 67.3 Å². The number of nitrogens with zero attached hydrogens (tertiary/aromatic N) is 1. The van der Waals surface area contributed by atoms with Crippen LogP contribution in [0.15, 0.2) is 36.4 Å². The van der Waals surface area contributed by atoms with Gasteiger partial charge in [0.15, 0.2) is 0 Å². The van der Waals surface area contributed by atoms with Gasteiger partial charge in [0.1, 0.15) is 0 Å². The number of anilines is 1. The third-order valence-electron chi connectivity index (χ3n) is 6.17. The third-order valence-corrected chi connectivity index (χ3v) is 6.17. The molecule has 0 bridgehead atoms. The lowest BCUT2D eigenvalue weighted by Crippen LogP contribution is -2.45. The van der Waals surface area contributed by atoms with E-state index in [-0.39, 0.29) is 36.8 Å². The number of alkyl halides is 9. The van der Waals surface area contributed by atoms with Crippen molar-refractivity contribution in [3.63, 3.8) is 0 Å². The summed E-state index contributed by atoms with van der Waals surface area (Å²) in [7, 11) is 0. The zero-order valence-electron chi connectivity index (χ0n) is 19.4. The van der Waals surface area contributed by atoms with Crippen molar-refractivity contribution in [2.75, 3.05) is 11.5 Å². The number of ether oxygens (including phenoxy) is 1. The van der Waals surface area contributed by atoms with E-state index in [0.717, 1.165) is 11.0 Å². The predicted molar refractivity (Wildman–Crippen MR) is 114 cm³/mol. The summed E-state index contributed by atoms with van der Waals surface area (Å²) in [5, 5.41) is 11.1. The van der Waals surface area contributed by atoms with E-state index in [1.54, 1.807) is 6.92 Å². The number of carbonyl (C=O) groups is 1. The normalized spacial score (nSPS) is 19.4. The lowest BCUT2D eigenvalue weighted by atomic mass is 9.78. The van der Waals surface area contributed by atoms with Gasteiger partial charge in [-0.3, -0.25) is 4.90 Å². The van der Waals surface area contributed by atoms with Gasteiger partial charge in [0.25, 0.3) is 0 Å². The van der Waals surface area contributed by atoms with Gasteiger partial charge < -0.3 is 9.84 Å². The van der Waals surface area contributed by atoms with Crippen molar-refractivity contribution in [1.29, 1.82) is 0 Å². The summed E-state index contributed by atoms with van der Waals surface area (Å²) in [6.07, 6.45) is -18.2. The van der Waals surface area contributed by atoms with Crippen LogP contribution in [-0.2, 0) is 23.3 Å². The highest BCUT2D eigenvalue weighted by Crippen LogP contribution is 2.48. The van der Waals surface area contributed by atoms with Gasteiger partial charge in [-0.1, -0.05) is 6.92 Å². The Hall–Kier alpha value is -2.96. The van der Waals surface area contributed by atoms with Gasteiger partial charge in [-0.25, -0.2) is 4.79 Å². The fraction of sp³-hybridized carbons (Fsp3) is 0.458. The fourth-order valence-electron chi connectivity index (χ4n) is 4.44. The van der Waals surface area contributed by atoms with Crippen LogP contribution in [-0.4, -0.2) is 23.8 Å². The number of fused-ring (bicyclic) bond motifs is 1. The van der Waals surface area contributed by atoms with Crippen molar-refractivity contribution >= 4 is 11.8 Å². The maximum absolute atomic E-state index is 13.5. The van der Waals surface area contributed by atoms with Crippen LogP contribution >= 0.6 is 0 Å². The minimum atomic E-state index is -5.18. The van der Waals surface area contributed by atoms with E-state index in [4.69, 9.17) is 4.74 Å². The van der Waals surface area contributed by atoms with E-state index < -0.39 is 64.9 Å². The lowest BCUT2D eigenvalue weighted by molar-refractivity contribution is -0.143. The van der Waals surface area contributed by atoms with Crippen LogP contribution in [0.25, 0.3) is 0 Å². The smallest absolute Gasteiger partial charge is 0.416 e. The molecule has 1 amide bonds. The average molecular weight is 543 g/mol. The first kappa shape index (κ1) is 28.6. The van der Waals surface area contributed by atoms with Crippen LogP contribution in [0, 0.1) is 0 Å². The van der Waals surface area contributed by atoms with Gasteiger partial charge in [-0.15, -0.1) is 0 Å². The minimum absolute atomic E-state index is 0.0573. The van der Waals surface area contributed by atoms with Crippen molar-refractivity contribution in [3.8, 4) is 0 Å². The molecule has 1 aliphatic rings. The second-order valence-corrected chi connectivity index (χ2v) is 8.53. The second-order valence-electron chi connectivity index (χ2n) is 8.53. The molecule has 4 nitrogen and oxygen atoms in total. The van der Waals surface area contributed by atoms with Crippen LogP contribution in [0.2, 0.25) is 0 Å². The molecule has 0 saturated carbocycles. The Labute approximate surface area is 205 Å². The Morgan fingerprint density at radius 2 is 1.46 bits per heavy atom. The van der Waals surface area contributed by atoms with E-state index in [1.807, 2.05) is 0 Å². The summed E-state index contributed by atoms with van der Waals surface area (Å²) in [5.74, 6) is -1.36. The summed E-state index contributed by atoms with van der Waals surface area (Å²) >= 11 is 0. The van der Waals surface area contributed by atoms with Gasteiger partial charge >= 0.3 is 24.6 Å². The Morgan fingerprint density at radius 1 is 0.919 bits per heavy atom. The summed E-state index contributed by atoms with van der Waals surface area (Å²) in [6, 6.07) is 2.11. The average Bonchev–Trinajstić information content (AvgIpc) is 2.80. The zero-order chi connectivity index (χ0) is 27.9. The van der Waals surface area contributed by atoms with E-state index in [2.05, 4.69) is 0 Å². The Kier molecular flexibility index (Phi) is 7.79. The quantitative estimate of drug-likeness (QED) is 0.402. The molecule has 0 fully saturated rings. The van der Waals surface area contributed by atoms with Crippen LogP contribution < -0.4 is 4.90 Å². The van der Waals surface area contributed by atoms with Crippen molar-refractivity contribution in [1.82, 2.24) is 0 Å². The first-order chi connectivity index (χ1) is 17.0. The number of rotatable bonds is 4. The maximum Gasteiger partial charge on any atom is 0.416 e. The second kappa shape index (κ2) is 10.1. The number of aliphatic hydroxyl groups is 1. The topological polar surface area (TPSA) is 49.8 Å². The molecule has 0 spiro atoms. The third kappa shape index (κ3) is 5.97. The molecule has 0 aliphatic carbocycles. The summed E-state index contributed by atoms with van der Waals surface area (Å²) < 4.78 is 126. The number of hydrogen-bond donors (Lipinski definition) is 1. The van der Waals surface area contributed by atoms with E-state index in [0.29, 0.717) is 24.3 Å². The van der Waals surface area contributed by atoms with Gasteiger partial charge in [-0.2, -0.15) is 39.5 Å². The molecule has 2 aromatic rings. The molecular weight excluding hydrogens is 521 g/mol. The number of amides is 1. The number of carbonyl (C=O) groups excluding carboxylic acids is 1. The first-order valence-electron chi connectivity index (χ1n) is 11.1. The zero-order valence-corrected chi connectivity index (χ0v) is 19.4. The van der Waals surface area contributed by atoms with Crippen LogP contribution in [0.5, 0.6) is 0 Å². The highest BCUT2D eigenvalue weighted by atomic mass is 19.4. The summed E-state index contributed by atoms with van der Waals surface area (Å²) in [6.45, 7) is 3.08. The molecule has 0 radical (unpaired) electrons. The van der Waals surface area contributed by atoms with Crippen LogP contribution in [0.4, 0.5) is 50.0 Å². The first-order valence-corrected chi connectivity index (χ1v) is 11.1. The molecule has 1 N–H and O–H groups in total. The van der Waals surface area contributed by atoms with E-state index in [9.17, 15) is 49.4 Å². The number of benzene rings is 2. The van der Waals surface area contributed by atoms with Gasteiger partial charge in [0, 0.05) is 12.0 Å².